The second-order valence-corrected chi connectivity index (χ2v) is 34.9. The highest BCUT2D eigenvalue weighted by Crippen LogP contribution is 2.43. The van der Waals surface area contributed by atoms with Crippen molar-refractivity contribution in [1.82, 2.24) is 19.9 Å². The van der Waals surface area contributed by atoms with Gasteiger partial charge in [-0.1, -0.05) is 138 Å². The maximum atomic E-state index is 14.3. The van der Waals surface area contributed by atoms with E-state index in [4.69, 9.17) is 7.16 Å². The Kier molecular flexibility index (Phi) is 25.0. The van der Waals surface area contributed by atoms with Gasteiger partial charge in [-0.05, 0) is 358 Å². The molecule has 0 N–H and O–H groups in total. The smallest absolute Gasteiger partial charge is 0.287 e. The van der Waals surface area contributed by atoms with Crippen molar-refractivity contribution < 1.29 is 34.2 Å². The first-order valence-corrected chi connectivity index (χ1v) is 42.5. The highest BCUT2D eigenvalue weighted by molar-refractivity contribution is 6.11. The number of rotatable bonds is 11. The van der Waals surface area contributed by atoms with Crippen LogP contribution in [0.25, 0.3) is 132 Å². The fourth-order valence-electron chi connectivity index (χ4n) is 17.4. The van der Waals surface area contributed by atoms with Gasteiger partial charge in [0.25, 0.3) is 19.0 Å². The maximum absolute atomic E-state index is 14.3. The Bertz CT molecular complexity index is 6990. The number of halogens is 2. The Balaban J connectivity index is 0.000000133. The molecule has 6 heterocycles. The number of nitrogens with zero attached hydrogens (tertiary/aromatic N) is 8. The van der Waals surface area contributed by atoms with Crippen LogP contribution in [0.2, 0.25) is 0 Å². The lowest BCUT2D eigenvalue weighted by molar-refractivity contribution is -0.662. The van der Waals surface area contributed by atoms with Gasteiger partial charge in [0, 0.05) is 47.5 Å². The van der Waals surface area contributed by atoms with E-state index in [2.05, 4.69) is 267 Å². The van der Waals surface area contributed by atoms with Gasteiger partial charge in [0.05, 0.1) is 48.3 Å². The summed E-state index contributed by atoms with van der Waals surface area (Å²) in [4.78, 5) is 18.2. The largest absolute Gasteiger partial charge is 0.437 e. The van der Waals surface area contributed by atoms with E-state index < -0.39 is 6.37 Å². The highest BCUT2D eigenvalue weighted by atomic mass is 19.1. The van der Waals surface area contributed by atoms with Crippen LogP contribution in [0.1, 0.15) is 150 Å². The van der Waals surface area contributed by atoms with Gasteiger partial charge in [-0.3, -0.25) is 0 Å². The van der Waals surface area contributed by atoms with Crippen molar-refractivity contribution in [3.05, 3.63) is 319 Å². The molecule has 0 bridgehead atoms. The van der Waals surface area contributed by atoms with Crippen LogP contribution in [0, 0.1) is 140 Å². The van der Waals surface area contributed by atoms with E-state index in [1.807, 2.05) is 153 Å². The third kappa shape index (κ3) is 17.9. The first kappa shape index (κ1) is 84.0. The summed E-state index contributed by atoms with van der Waals surface area (Å²) in [6, 6.07) is 61.6. The van der Waals surface area contributed by atoms with Crippen LogP contribution in [0.4, 0.5) is 8.78 Å². The zero-order valence-corrected chi connectivity index (χ0v) is 75.9. The number of aromatic nitrogens is 8. The van der Waals surface area contributed by atoms with Crippen molar-refractivity contribution in [3.63, 3.8) is 0 Å². The fourth-order valence-corrected chi connectivity index (χ4v) is 17.4. The summed E-state index contributed by atoms with van der Waals surface area (Å²) in [7, 11) is 8.11. The number of hydrogen-bond acceptors (Lipinski definition) is 5. The molecule has 0 saturated heterocycles. The van der Waals surface area contributed by atoms with E-state index in [0.29, 0.717) is 28.5 Å². The average Bonchev–Trinajstić information content (AvgIpc) is 1.64. The average molecular weight is 1610 g/mol. The zero-order chi connectivity index (χ0) is 88.8. The van der Waals surface area contributed by atoms with Crippen LogP contribution in [-0.4, -0.2) is 19.9 Å². The predicted octanol–water partition coefficient (Wildman–Crippen LogP) is 26.1. The molecule has 0 unspecified atom stereocenters. The molecule has 17 rings (SSSR count). The highest BCUT2D eigenvalue weighted by Gasteiger charge is 2.26. The number of para-hydroxylation sites is 2. The molecule has 0 fully saturated rings. The molecule has 11 heteroatoms. The molecule has 11 aromatic carbocycles. The standard InChI is InChI=1S/C29H29NO.C23H28N.C22H26FN2.C18H18FN2.C18H19N2/c1-16(2)14-21-8-7-9-22-20(6)23(12-13-24(21)22)27-19(5)17(3)15-26-25-11-10-18(4)30-29(25)31-28(26)27;1-15(2)11-19-7-8-21-20(14-19)9-10-24(6)23(21)22-13-16(3)12-17(4)18(22)5;1-13(2)9-17-7-8-18-20(11-17)24-12-25(6)22(18)19-10-14(3)21(23)16(5)15(19)4;1-11-9-15(12(2)13(3)17(11)19)18-14-7-5-6-8-16(14)20-10-21(18)4;1-12-9-13(2)14(3)16(10-12)18-15-7-5-6-8-17(15)19-11-20(18)4/h7-13,15-16H,14H2,1-6H3;7-10,12-15H,11H2,1-6H3;7-8,10-13H,9H2,1-6H3;5-10H,1-4H3;5-11H,1-4H3/q;4*+1/i;11D2;;;. The van der Waals surface area contributed by atoms with E-state index in [1.165, 1.54) is 111 Å². The lowest BCUT2D eigenvalue weighted by Crippen LogP contribution is -2.32. The molecule has 0 amide bonds. The minimum atomic E-state index is -1.33. The van der Waals surface area contributed by atoms with Crippen LogP contribution in [-0.2, 0) is 47.4 Å². The molecule has 0 aliphatic carbocycles. The van der Waals surface area contributed by atoms with Gasteiger partial charge < -0.3 is 4.42 Å². The summed E-state index contributed by atoms with van der Waals surface area (Å²) >= 11 is 0. The lowest BCUT2D eigenvalue weighted by Gasteiger charge is -2.16. The van der Waals surface area contributed by atoms with Gasteiger partial charge >= 0.3 is 0 Å². The van der Waals surface area contributed by atoms with Gasteiger partial charge in [-0.15, -0.1) is 0 Å². The third-order valence-corrected chi connectivity index (χ3v) is 24.3. The van der Waals surface area contributed by atoms with E-state index in [1.54, 1.807) is 0 Å². The molecule has 17 aromatic rings. The van der Waals surface area contributed by atoms with Crippen LogP contribution in [0.5, 0.6) is 0 Å². The Labute approximate surface area is 718 Å². The Morgan fingerprint density at radius 3 is 1.35 bits per heavy atom. The molecule has 121 heavy (non-hydrogen) atoms. The van der Waals surface area contributed by atoms with Gasteiger partial charge in [0.1, 0.15) is 41.3 Å². The van der Waals surface area contributed by atoms with Crippen molar-refractivity contribution in [2.75, 3.05) is 0 Å². The van der Waals surface area contributed by atoms with Crippen molar-refractivity contribution in [2.45, 2.75) is 172 Å². The fraction of sp³-hybridized carbons (Fsp3) is 0.291. The first-order valence-electron chi connectivity index (χ1n) is 43.5. The minimum Gasteiger partial charge on any atom is -0.437 e. The van der Waals surface area contributed by atoms with E-state index in [0.717, 1.165) is 123 Å². The van der Waals surface area contributed by atoms with E-state index in [9.17, 15) is 8.78 Å². The van der Waals surface area contributed by atoms with Crippen LogP contribution in [0.3, 0.4) is 0 Å². The molecule has 6 aromatic heterocycles. The normalized spacial score (nSPS) is 11.8. The van der Waals surface area contributed by atoms with Gasteiger partial charge in [0.15, 0.2) is 22.7 Å². The lowest BCUT2D eigenvalue weighted by atomic mass is 9.87. The molecule has 9 nitrogen and oxygen atoms in total. The Hall–Kier alpha value is -12.1. The zero-order valence-electron chi connectivity index (χ0n) is 77.9. The number of fused-ring (bicyclic) bond motifs is 8. The Morgan fingerprint density at radius 2 is 0.810 bits per heavy atom. The summed E-state index contributed by atoms with van der Waals surface area (Å²) in [5, 5.41) is 10.5. The topological polar surface area (TPSA) is 80.2 Å². The van der Waals surface area contributed by atoms with Crippen LogP contribution in [0.15, 0.2) is 206 Å². The van der Waals surface area contributed by atoms with E-state index in [-0.39, 0.29) is 17.6 Å². The molecule has 616 valence electrons. The number of furan rings is 1. The number of benzene rings is 11. The Morgan fingerprint density at radius 1 is 0.347 bits per heavy atom. The first-order chi connectivity index (χ1) is 58.3. The van der Waals surface area contributed by atoms with Gasteiger partial charge in [0.2, 0.25) is 11.4 Å². The molecule has 0 spiro atoms. The van der Waals surface area contributed by atoms with Crippen molar-refractivity contribution >= 4 is 76.3 Å². The van der Waals surface area contributed by atoms with E-state index >= 15 is 0 Å². The molecular formula is C110H120F2N8O+4. The SMILES string of the molecule is Cc1cc(-c2c3ccc(CC(C)C)cc3nc[n+]2C)c(C)c(C)c1F.Cc1cc(-c2c3ccccc3nc[n+]2C)c(C)c(C)c1F.Cc1cc(C)c(C)c(-c2c3ccccc3nc[n+]2C)c1.Cc1ccc2c(n1)oc1c(-c3ccc4c(CC(C)C)cccc4c3C)c(C)c(C)cc12.[2H]C([2H])(c1ccc2c(-c3cc(C)cc(C)c3C)[n+](C)ccc2c1)C(C)C. The van der Waals surface area contributed by atoms with Crippen molar-refractivity contribution in [2.24, 2.45) is 45.9 Å². The summed E-state index contributed by atoms with van der Waals surface area (Å²) in [6.45, 7) is 45.8. The summed E-state index contributed by atoms with van der Waals surface area (Å²) in [5.74, 6) is 0.955. The predicted molar refractivity (Wildman–Crippen MR) is 501 cm³/mol. The summed E-state index contributed by atoms with van der Waals surface area (Å²) in [6.07, 6.45) is 8.44. The van der Waals surface area contributed by atoms with Crippen LogP contribution >= 0.6 is 0 Å². The molecule has 0 atom stereocenters. The number of aryl methyl sites for hydroxylation is 13. The molecular weight excluding hydrogens is 1490 g/mol. The number of hydrogen-bond donors (Lipinski definition) is 0. The van der Waals surface area contributed by atoms with Gasteiger partial charge in [-0.2, -0.15) is 0 Å². The van der Waals surface area contributed by atoms with Gasteiger partial charge in [-0.25, -0.2) is 32.0 Å². The summed E-state index contributed by atoms with van der Waals surface area (Å²) in [5.41, 5.74) is 37.2. The molecule has 0 aliphatic rings. The minimum absolute atomic E-state index is 0.0686. The maximum Gasteiger partial charge on any atom is 0.287 e. The monoisotopic (exact) mass is 1610 g/mol. The quantitative estimate of drug-likeness (QED) is 0.121. The third-order valence-electron chi connectivity index (χ3n) is 24.3. The molecule has 0 saturated carbocycles. The van der Waals surface area contributed by atoms with Crippen molar-refractivity contribution in [1.29, 1.82) is 0 Å². The summed E-state index contributed by atoms with van der Waals surface area (Å²) < 4.78 is 59.9. The van der Waals surface area contributed by atoms with Crippen molar-refractivity contribution in [3.8, 4) is 56.2 Å². The number of pyridine rings is 2. The van der Waals surface area contributed by atoms with Crippen LogP contribution < -0.4 is 18.3 Å². The molecule has 0 aliphatic heterocycles. The second-order valence-electron chi connectivity index (χ2n) is 34.9. The molecule has 0 radical (unpaired) electrons. The second kappa shape index (κ2) is 36.1.